The Morgan fingerprint density at radius 2 is 2.24 bits per heavy atom. The van der Waals surface area contributed by atoms with Crippen molar-refractivity contribution < 1.29 is 0 Å². The van der Waals surface area contributed by atoms with E-state index in [1.165, 1.54) is 11.3 Å². The lowest BCUT2D eigenvalue weighted by atomic mass is 10.1. The molecule has 0 amide bonds. The SMILES string of the molecule is C#CCN(CC)c1cc(Br)ccc1C(C)NC. The van der Waals surface area contributed by atoms with Crippen LogP contribution in [0.1, 0.15) is 25.5 Å². The van der Waals surface area contributed by atoms with Gasteiger partial charge in [0.05, 0.1) is 6.54 Å². The molecule has 1 aromatic carbocycles. The van der Waals surface area contributed by atoms with Gasteiger partial charge in [-0.15, -0.1) is 6.42 Å². The monoisotopic (exact) mass is 294 g/mol. The summed E-state index contributed by atoms with van der Waals surface area (Å²) in [4.78, 5) is 2.20. The quantitative estimate of drug-likeness (QED) is 0.839. The molecule has 2 nitrogen and oxygen atoms in total. The molecule has 0 saturated heterocycles. The third kappa shape index (κ3) is 3.49. The Balaban J connectivity index is 3.18. The molecule has 1 atom stereocenters. The van der Waals surface area contributed by atoms with E-state index in [9.17, 15) is 0 Å². The van der Waals surface area contributed by atoms with Gasteiger partial charge in [-0.3, -0.25) is 0 Å². The summed E-state index contributed by atoms with van der Waals surface area (Å²) < 4.78 is 1.08. The van der Waals surface area contributed by atoms with Crippen LogP contribution in [0.3, 0.4) is 0 Å². The summed E-state index contributed by atoms with van der Waals surface area (Å²) in [5.41, 5.74) is 2.47. The van der Waals surface area contributed by atoms with Crippen molar-refractivity contribution >= 4 is 21.6 Å². The number of hydrogen-bond donors (Lipinski definition) is 1. The van der Waals surface area contributed by atoms with E-state index >= 15 is 0 Å². The summed E-state index contributed by atoms with van der Waals surface area (Å²) in [7, 11) is 1.97. The lowest BCUT2D eigenvalue weighted by molar-refractivity contribution is 0.649. The molecule has 1 rings (SSSR count). The first-order valence-electron chi connectivity index (χ1n) is 5.79. The highest BCUT2D eigenvalue weighted by atomic mass is 79.9. The Bertz CT molecular complexity index is 409. The second kappa shape index (κ2) is 6.68. The van der Waals surface area contributed by atoms with E-state index in [4.69, 9.17) is 6.42 Å². The zero-order valence-corrected chi connectivity index (χ0v) is 12.2. The fourth-order valence-corrected chi connectivity index (χ4v) is 2.14. The van der Waals surface area contributed by atoms with Gasteiger partial charge in [-0.2, -0.15) is 0 Å². The maximum Gasteiger partial charge on any atom is 0.0791 e. The Morgan fingerprint density at radius 1 is 1.53 bits per heavy atom. The third-order valence-corrected chi connectivity index (χ3v) is 3.39. The third-order valence-electron chi connectivity index (χ3n) is 2.90. The predicted octanol–water partition coefficient (Wildman–Crippen LogP) is 3.19. The first kappa shape index (κ1) is 14.1. The highest BCUT2D eigenvalue weighted by molar-refractivity contribution is 9.10. The predicted molar refractivity (Wildman–Crippen MR) is 78.3 cm³/mol. The number of anilines is 1. The summed E-state index contributed by atoms with van der Waals surface area (Å²) >= 11 is 3.52. The highest BCUT2D eigenvalue weighted by Gasteiger charge is 2.13. The fraction of sp³-hybridized carbons (Fsp3) is 0.429. The van der Waals surface area contributed by atoms with E-state index in [2.05, 4.69) is 64.1 Å². The molecule has 1 unspecified atom stereocenters. The van der Waals surface area contributed by atoms with Crippen LogP contribution in [-0.2, 0) is 0 Å². The number of nitrogens with zero attached hydrogens (tertiary/aromatic N) is 1. The van der Waals surface area contributed by atoms with Gasteiger partial charge in [0.25, 0.3) is 0 Å². The lowest BCUT2D eigenvalue weighted by Gasteiger charge is -2.26. The van der Waals surface area contributed by atoms with Crippen LogP contribution in [0.2, 0.25) is 0 Å². The molecule has 0 bridgehead atoms. The maximum atomic E-state index is 5.42. The maximum absolute atomic E-state index is 5.42. The van der Waals surface area contributed by atoms with E-state index in [0.29, 0.717) is 12.6 Å². The van der Waals surface area contributed by atoms with Gasteiger partial charge >= 0.3 is 0 Å². The molecule has 0 saturated carbocycles. The molecule has 0 aliphatic heterocycles. The van der Waals surface area contributed by atoms with E-state index in [1.54, 1.807) is 0 Å². The van der Waals surface area contributed by atoms with Crippen molar-refractivity contribution in [1.82, 2.24) is 5.32 Å². The second-order valence-electron chi connectivity index (χ2n) is 3.93. The van der Waals surface area contributed by atoms with Gasteiger partial charge in [0.15, 0.2) is 0 Å². The van der Waals surface area contributed by atoms with Crippen LogP contribution in [0.4, 0.5) is 5.69 Å². The average molecular weight is 295 g/mol. The van der Waals surface area contributed by atoms with Gasteiger partial charge in [0.1, 0.15) is 0 Å². The van der Waals surface area contributed by atoms with Crippen molar-refractivity contribution in [1.29, 1.82) is 0 Å². The summed E-state index contributed by atoms with van der Waals surface area (Å²) in [6.45, 7) is 5.81. The second-order valence-corrected chi connectivity index (χ2v) is 4.85. The summed E-state index contributed by atoms with van der Waals surface area (Å²) in [6.07, 6.45) is 5.42. The largest absolute Gasteiger partial charge is 0.360 e. The van der Waals surface area contributed by atoms with Gasteiger partial charge in [0, 0.05) is 22.7 Å². The van der Waals surface area contributed by atoms with Gasteiger partial charge in [0.2, 0.25) is 0 Å². The molecule has 17 heavy (non-hydrogen) atoms. The molecule has 0 radical (unpaired) electrons. The number of terminal acetylenes is 1. The van der Waals surface area contributed by atoms with Crippen molar-refractivity contribution in [2.24, 2.45) is 0 Å². The first-order valence-corrected chi connectivity index (χ1v) is 6.58. The number of halogens is 1. The number of nitrogens with one attached hydrogen (secondary N) is 1. The molecule has 0 heterocycles. The van der Waals surface area contributed by atoms with Gasteiger partial charge in [-0.05, 0) is 38.6 Å². The Labute approximate surface area is 113 Å². The molecule has 0 spiro atoms. The van der Waals surface area contributed by atoms with Gasteiger partial charge in [-0.25, -0.2) is 0 Å². The molecule has 1 aromatic rings. The molecule has 0 aromatic heterocycles. The molecular formula is C14H19BrN2. The average Bonchev–Trinajstić information content (AvgIpc) is 2.35. The van der Waals surface area contributed by atoms with Gasteiger partial charge in [-0.1, -0.05) is 27.9 Å². The topological polar surface area (TPSA) is 15.3 Å². The zero-order chi connectivity index (χ0) is 12.8. The Hall–Kier alpha value is -0.980. The highest BCUT2D eigenvalue weighted by Crippen LogP contribution is 2.29. The normalized spacial score (nSPS) is 11.9. The summed E-state index contributed by atoms with van der Waals surface area (Å²) in [5.74, 6) is 2.71. The van der Waals surface area contributed by atoms with E-state index < -0.39 is 0 Å². The zero-order valence-electron chi connectivity index (χ0n) is 10.6. The molecule has 3 heteroatoms. The lowest BCUT2D eigenvalue weighted by Crippen LogP contribution is -2.26. The number of rotatable bonds is 5. The molecule has 0 fully saturated rings. The summed E-state index contributed by atoms with van der Waals surface area (Å²) in [5, 5.41) is 3.27. The van der Waals surface area contributed by atoms with Crippen LogP contribution in [0.15, 0.2) is 22.7 Å². The van der Waals surface area contributed by atoms with Crippen LogP contribution in [0.5, 0.6) is 0 Å². The van der Waals surface area contributed by atoms with Crippen LogP contribution in [0, 0.1) is 12.3 Å². The standard InChI is InChI=1S/C14H19BrN2/c1-5-9-17(6-2)14-10-12(15)7-8-13(14)11(3)16-4/h1,7-8,10-11,16H,6,9H2,2-4H3. The number of hydrogen-bond acceptors (Lipinski definition) is 2. The van der Waals surface area contributed by atoms with Crippen LogP contribution < -0.4 is 10.2 Å². The Morgan fingerprint density at radius 3 is 2.76 bits per heavy atom. The molecule has 92 valence electrons. The molecule has 1 N–H and O–H groups in total. The number of benzene rings is 1. The van der Waals surface area contributed by atoms with Crippen molar-refractivity contribution in [3.63, 3.8) is 0 Å². The molecule has 0 aliphatic carbocycles. The fourth-order valence-electron chi connectivity index (χ4n) is 1.79. The minimum absolute atomic E-state index is 0.310. The van der Waals surface area contributed by atoms with Crippen LogP contribution in [-0.4, -0.2) is 20.1 Å². The van der Waals surface area contributed by atoms with E-state index in [-0.39, 0.29) is 0 Å². The van der Waals surface area contributed by atoms with Crippen molar-refractivity contribution in [2.45, 2.75) is 19.9 Å². The van der Waals surface area contributed by atoms with E-state index in [0.717, 1.165) is 11.0 Å². The molecular weight excluding hydrogens is 276 g/mol. The van der Waals surface area contributed by atoms with Crippen LogP contribution in [0.25, 0.3) is 0 Å². The van der Waals surface area contributed by atoms with Crippen molar-refractivity contribution in [2.75, 3.05) is 25.0 Å². The van der Waals surface area contributed by atoms with E-state index in [1.807, 2.05) is 7.05 Å². The minimum Gasteiger partial charge on any atom is -0.360 e. The van der Waals surface area contributed by atoms with Crippen LogP contribution >= 0.6 is 15.9 Å². The Kier molecular flexibility index (Phi) is 5.54. The first-order chi connectivity index (χ1) is 8.13. The molecule has 0 aliphatic rings. The minimum atomic E-state index is 0.310. The van der Waals surface area contributed by atoms with Crippen molar-refractivity contribution in [3.8, 4) is 12.3 Å². The van der Waals surface area contributed by atoms with Gasteiger partial charge < -0.3 is 10.2 Å². The smallest absolute Gasteiger partial charge is 0.0791 e. The van der Waals surface area contributed by atoms with Crippen molar-refractivity contribution in [3.05, 3.63) is 28.2 Å². The summed E-state index contributed by atoms with van der Waals surface area (Å²) in [6, 6.07) is 6.64.